The third kappa shape index (κ3) is 3.60. The van der Waals surface area contributed by atoms with E-state index in [1.807, 2.05) is 12.1 Å². The minimum Gasteiger partial charge on any atom is -0.392 e. The van der Waals surface area contributed by atoms with Crippen LogP contribution in [0.3, 0.4) is 0 Å². The van der Waals surface area contributed by atoms with Crippen LogP contribution in [0.4, 0.5) is 0 Å². The molecule has 1 aromatic rings. The third-order valence-corrected chi connectivity index (χ3v) is 6.43. The van der Waals surface area contributed by atoms with Gasteiger partial charge in [0.05, 0.1) is 9.74 Å². The van der Waals surface area contributed by atoms with E-state index in [4.69, 9.17) is 41.2 Å². The Hall–Kier alpha value is -0.000000000000000111. The monoisotopic (exact) mass is 348 g/mol. The Kier molecular flexibility index (Phi) is 5.60. The van der Waals surface area contributed by atoms with Crippen LogP contribution in [0, 0.1) is 0 Å². The standard InChI is InChI=1S/C14H18Cl2N2S2/c1-20-14(13(17)19)4-6-18(7-5-14)9-10-2-3-11(15)8-12(10)16/h2-3,8H,4-7,9H2,1H3,(H2,17,19). The molecule has 0 bridgehead atoms. The molecule has 110 valence electrons. The number of benzene rings is 1. The molecule has 0 radical (unpaired) electrons. The van der Waals surface area contributed by atoms with Gasteiger partial charge in [-0.15, -0.1) is 0 Å². The lowest BCUT2D eigenvalue weighted by atomic mass is 9.95. The topological polar surface area (TPSA) is 29.3 Å². The molecule has 2 nitrogen and oxygen atoms in total. The van der Waals surface area contributed by atoms with Crippen LogP contribution in [0.2, 0.25) is 10.0 Å². The van der Waals surface area contributed by atoms with Crippen molar-refractivity contribution in [3.05, 3.63) is 33.8 Å². The highest BCUT2D eigenvalue weighted by atomic mass is 35.5. The van der Waals surface area contributed by atoms with Crippen molar-refractivity contribution in [2.24, 2.45) is 5.73 Å². The maximum Gasteiger partial charge on any atom is 0.0891 e. The van der Waals surface area contributed by atoms with E-state index in [0.29, 0.717) is 10.0 Å². The number of hydrogen-bond donors (Lipinski definition) is 1. The summed E-state index contributed by atoms with van der Waals surface area (Å²) in [7, 11) is 0. The Balaban J connectivity index is 1.99. The van der Waals surface area contributed by atoms with Crippen LogP contribution in [0.25, 0.3) is 0 Å². The van der Waals surface area contributed by atoms with Gasteiger partial charge >= 0.3 is 0 Å². The van der Waals surface area contributed by atoms with E-state index in [-0.39, 0.29) is 4.75 Å². The minimum absolute atomic E-state index is 0.0321. The van der Waals surface area contributed by atoms with Crippen molar-refractivity contribution in [3.8, 4) is 0 Å². The Morgan fingerprint density at radius 2 is 2.05 bits per heavy atom. The maximum absolute atomic E-state index is 6.23. The number of rotatable bonds is 4. The molecule has 6 heteroatoms. The van der Waals surface area contributed by atoms with Crippen LogP contribution in [0.15, 0.2) is 18.2 Å². The van der Waals surface area contributed by atoms with Gasteiger partial charge in [0.1, 0.15) is 0 Å². The van der Waals surface area contributed by atoms with Crippen molar-refractivity contribution in [3.63, 3.8) is 0 Å². The van der Waals surface area contributed by atoms with Gasteiger partial charge in [0, 0.05) is 29.7 Å². The van der Waals surface area contributed by atoms with Gasteiger partial charge in [-0.2, -0.15) is 11.8 Å². The predicted octanol–water partition coefficient (Wildman–Crippen LogP) is 3.98. The molecular weight excluding hydrogens is 331 g/mol. The second kappa shape index (κ2) is 6.84. The van der Waals surface area contributed by atoms with E-state index in [9.17, 15) is 0 Å². The Morgan fingerprint density at radius 3 is 2.55 bits per heavy atom. The van der Waals surface area contributed by atoms with Crippen LogP contribution >= 0.6 is 47.2 Å². The fourth-order valence-corrected chi connectivity index (χ4v) is 4.23. The zero-order valence-corrected chi connectivity index (χ0v) is 14.5. The van der Waals surface area contributed by atoms with Gasteiger partial charge in [0.2, 0.25) is 0 Å². The number of thiocarbonyl (C=S) groups is 1. The van der Waals surface area contributed by atoms with Gasteiger partial charge in [0.15, 0.2) is 0 Å². The fourth-order valence-electron chi connectivity index (χ4n) is 2.51. The van der Waals surface area contributed by atoms with E-state index >= 15 is 0 Å². The van der Waals surface area contributed by atoms with Crippen molar-refractivity contribution >= 4 is 52.2 Å². The number of thioether (sulfide) groups is 1. The van der Waals surface area contributed by atoms with Crippen molar-refractivity contribution in [1.29, 1.82) is 0 Å². The average Bonchev–Trinajstić information content (AvgIpc) is 2.42. The Bertz CT molecular complexity index is 500. The highest BCUT2D eigenvalue weighted by molar-refractivity contribution is 8.02. The van der Waals surface area contributed by atoms with Crippen LogP contribution in [-0.4, -0.2) is 34.0 Å². The number of nitrogens with zero attached hydrogens (tertiary/aromatic N) is 1. The molecule has 2 rings (SSSR count). The summed E-state index contributed by atoms with van der Waals surface area (Å²) in [6.45, 7) is 2.81. The second-order valence-corrected chi connectivity index (χ2v) is 7.55. The lowest BCUT2D eigenvalue weighted by Crippen LogP contribution is -2.48. The van der Waals surface area contributed by atoms with Gasteiger partial charge in [-0.25, -0.2) is 0 Å². The van der Waals surface area contributed by atoms with Crippen LogP contribution in [0.1, 0.15) is 18.4 Å². The molecule has 0 atom stereocenters. The first-order chi connectivity index (χ1) is 9.47. The smallest absolute Gasteiger partial charge is 0.0891 e. The first-order valence-corrected chi connectivity index (χ1v) is 8.87. The number of piperidine rings is 1. The zero-order chi connectivity index (χ0) is 14.8. The third-order valence-electron chi connectivity index (χ3n) is 3.91. The molecular formula is C14H18Cl2N2S2. The van der Waals surface area contributed by atoms with Crippen molar-refractivity contribution in [2.75, 3.05) is 19.3 Å². The van der Waals surface area contributed by atoms with Crippen molar-refractivity contribution in [1.82, 2.24) is 4.90 Å². The summed E-state index contributed by atoms with van der Waals surface area (Å²) in [6, 6.07) is 5.67. The summed E-state index contributed by atoms with van der Waals surface area (Å²) in [5.41, 5.74) is 7.02. The second-order valence-electron chi connectivity index (χ2n) is 5.07. The Labute approximate surface area is 140 Å². The molecule has 1 fully saturated rings. The van der Waals surface area contributed by atoms with Gasteiger partial charge in [0.25, 0.3) is 0 Å². The predicted molar refractivity (Wildman–Crippen MR) is 94.0 cm³/mol. The first kappa shape index (κ1) is 16.4. The largest absolute Gasteiger partial charge is 0.392 e. The molecule has 0 saturated carbocycles. The summed E-state index contributed by atoms with van der Waals surface area (Å²) in [4.78, 5) is 3.02. The molecule has 1 saturated heterocycles. The highest BCUT2D eigenvalue weighted by Gasteiger charge is 2.36. The van der Waals surface area contributed by atoms with E-state index in [0.717, 1.165) is 43.1 Å². The fraction of sp³-hybridized carbons (Fsp3) is 0.500. The van der Waals surface area contributed by atoms with E-state index in [1.165, 1.54) is 0 Å². The number of hydrogen-bond acceptors (Lipinski definition) is 3. The zero-order valence-electron chi connectivity index (χ0n) is 11.4. The molecule has 1 aliphatic heterocycles. The quantitative estimate of drug-likeness (QED) is 0.833. The summed E-state index contributed by atoms with van der Waals surface area (Å²) in [5.74, 6) is 0. The number of likely N-dealkylation sites (tertiary alicyclic amines) is 1. The molecule has 20 heavy (non-hydrogen) atoms. The molecule has 2 N–H and O–H groups in total. The number of halogens is 2. The van der Waals surface area contributed by atoms with Gasteiger partial charge < -0.3 is 5.73 Å². The molecule has 0 unspecified atom stereocenters. The van der Waals surface area contributed by atoms with Gasteiger partial charge in [-0.1, -0.05) is 41.5 Å². The summed E-state index contributed by atoms with van der Waals surface area (Å²) < 4.78 is -0.0321. The molecule has 1 heterocycles. The van der Waals surface area contributed by atoms with Crippen molar-refractivity contribution in [2.45, 2.75) is 24.1 Å². The average molecular weight is 349 g/mol. The minimum atomic E-state index is -0.0321. The van der Waals surface area contributed by atoms with Crippen LogP contribution in [-0.2, 0) is 6.54 Å². The van der Waals surface area contributed by atoms with Crippen molar-refractivity contribution < 1.29 is 0 Å². The normalized spacial score (nSPS) is 18.9. The van der Waals surface area contributed by atoms with E-state index in [2.05, 4.69) is 11.2 Å². The molecule has 0 amide bonds. The van der Waals surface area contributed by atoms with Gasteiger partial charge in [-0.05, 0) is 36.8 Å². The van der Waals surface area contributed by atoms with E-state index < -0.39 is 0 Å². The van der Waals surface area contributed by atoms with Crippen LogP contribution < -0.4 is 5.73 Å². The lowest BCUT2D eigenvalue weighted by Gasteiger charge is -2.40. The molecule has 0 aromatic heterocycles. The molecule has 1 aliphatic rings. The number of nitrogens with two attached hydrogens (primary N) is 1. The molecule has 0 spiro atoms. The summed E-state index contributed by atoms with van der Waals surface area (Å²) >= 11 is 19.2. The highest BCUT2D eigenvalue weighted by Crippen LogP contribution is 2.35. The molecule has 0 aliphatic carbocycles. The summed E-state index contributed by atoms with van der Waals surface area (Å²) in [5, 5.41) is 1.40. The SMILES string of the molecule is CSC1(C(N)=S)CCN(Cc2ccc(Cl)cc2Cl)CC1. The Morgan fingerprint density at radius 1 is 1.40 bits per heavy atom. The lowest BCUT2D eigenvalue weighted by molar-refractivity contribution is 0.212. The molecule has 1 aromatic carbocycles. The van der Waals surface area contributed by atoms with E-state index in [1.54, 1.807) is 17.8 Å². The summed E-state index contributed by atoms with van der Waals surface area (Å²) in [6.07, 6.45) is 4.08. The maximum atomic E-state index is 6.23. The first-order valence-electron chi connectivity index (χ1n) is 6.48. The van der Waals surface area contributed by atoms with Crippen LogP contribution in [0.5, 0.6) is 0 Å². The van der Waals surface area contributed by atoms with Gasteiger partial charge in [-0.3, -0.25) is 4.90 Å².